The smallest absolute Gasteiger partial charge is 0.221 e. The third-order valence-electron chi connectivity index (χ3n) is 2.74. The van der Waals surface area contributed by atoms with Crippen molar-refractivity contribution in [3.63, 3.8) is 0 Å². The molecule has 1 aromatic heterocycles. The number of halogens is 1. The molecule has 20 heavy (non-hydrogen) atoms. The highest BCUT2D eigenvalue weighted by Gasteiger charge is 2.01. The Hall–Kier alpha value is -2.43. The molecule has 0 spiro atoms. The maximum absolute atomic E-state index is 13.4. The number of carbonyl (C=O) groups is 1. The van der Waals surface area contributed by atoms with Gasteiger partial charge in [0.05, 0.1) is 11.9 Å². The SMILES string of the molecule is CC(=O)Nc1ccc(NCCc2ccccc2F)nc1. The van der Waals surface area contributed by atoms with E-state index in [4.69, 9.17) is 0 Å². The lowest BCUT2D eigenvalue weighted by Crippen LogP contribution is -2.09. The fourth-order valence-electron chi connectivity index (χ4n) is 1.80. The van der Waals surface area contributed by atoms with E-state index < -0.39 is 0 Å². The van der Waals surface area contributed by atoms with Crippen LogP contribution in [-0.2, 0) is 11.2 Å². The second-order valence-electron chi connectivity index (χ2n) is 4.38. The third kappa shape index (κ3) is 4.05. The van der Waals surface area contributed by atoms with Gasteiger partial charge in [-0.1, -0.05) is 18.2 Å². The van der Waals surface area contributed by atoms with Crippen LogP contribution in [0.1, 0.15) is 12.5 Å². The lowest BCUT2D eigenvalue weighted by Gasteiger charge is -2.07. The second kappa shape index (κ2) is 6.65. The number of carbonyl (C=O) groups excluding carboxylic acids is 1. The summed E-state index contributed by atoms with van der Waals surface area (Å²) in [5.41, 5.74) is 1.33. The van der Waals surface area contributed by atoms with E-state index in [1.54, 1.807) is 30.5 Å². The monoisotopic (exact) mass is 273 g/mol. The summed E-state index contributed by atoms with van der Waals surface area (Å²) in [5, 5.41) is 5.75. The van der Waals surface area contributed by atoms with Crippen LogP contribution < -0.4 is 10.6 Å². The van der Waals surface area contributed by atoms with Gasteiger partial charge in [-0.25, -0.2) is 9.37 Å². The number of hydrogen-bond acceptors (Lipinski definition) is 3. The summed E-state index contributed by atoms with van der Waals surface area (Å²) in [6, 6.07) is 10.3. The predicted octanol–water partition coefficient (Wildman–Crippen LogP) is 2.83. The van der Waals surface area contributed by atoms with Crippen molar-refractivity contribution >= 4 is 17.4 Å². The lowest BCUT2D eigenvalue weighted by molar-refractivity contribution is -0.114. The Morgan fingerprint density at radius 2 is 2.05 bits per heavy atom. The zero-order valence-corrected chi connectivity index (χ0v) is 11.2. The average molecular weight is 273 g/mol. The van der Waals surface area contributed by atoms with E-state index in [1.165, 1.54) is 13.0 Å². The predicted molar refractivity (Wildman–Crippen MR) is 77.1 cm³/mol. The molecule has 2 rings (SSSR count). The van der Waals surface area contributed by atoms with Crippen molar-refractivity contribution in [2.75, 3.05) is 17.2 Å². The number of anilines is 2. The molecule has 2 N–H and O–H groups in total. The van der Waals surface area contributed by atoms with Gasteiger partial charge in [0.2, 0.25) is 5.91 Å². The molecule has 1 aromatic carbocycles. The molecule has 2 aromatic rings. The van der Waals surface area contributed by atoms with E-state index in [9.17, 15) is 9.18 Å². The maximum Gasteiger partial charge on any atom is 0.221 e. The molecule has 0 bridgehead atoms. The summed E-state index contributed by atoms with van der Waals surface area (Å²) in [6.07, 6.45) is 2.16. The molecule has 1 amide bonds. The molecule has 0 unspecified atom stereocenters. The summed E-state index contributed by atoms with van der Waals surface area (Å²) < 4.78 is 13.4. The van der Waals surface area contributed by atoms with E-state index in [1.807, 2.05) is 6.07 Å². The van der Waals surface area contributed by atoms with Gasteiger partial charge in [-0.05, 0) is 30.2 Å². The number of pyridine rings is 1. The molecule has 0 saturated carbocycles. The van der Waals surface area contributed by atoms with Gasteiger partial charge in [-0.3, -0.25) is 4.79 Å². The van der Waals surface area contributed by atoms with Crippen LogP contribution in [0.5, 0.6) is 0 Å². The van der Waals surface area contributed by atoms with Crippen molar-refractivity contribution in [1.82, 2.24) is 4.98 Å². The van der Waals surface area contributed by atoms with Crippen molar-refractivity contribution in [2.24, 2.45) is 0 Å². The van der Waals surface area contributed by atoms with E-state index in [0.717, 1.165) is 0 Å². The Balaban J connectivity index is 1.85. The molecule has 0 saturated heterocycles. The molecule has 4 nitrogen and oxygen atoms in total. The molecule has 5 heteroatoms. The number of benzene rings is 1. The minimum Gasteiger partial charge on any atom is -0.370 e. The van der Waals surface area contributed by atoms with Crippen molar-refractivity contribution in [2.45, 2.75) is 13.3 Å². The van der Waals surface area contributed by atoms with E-state index in [0.29, 0.717) is 30.0 Å². The van der Waals surface area contributed by atoms with Crippen molar-refractivity contribution in [3.05, 3.63) is 54.0 Å². The quantitative estimate of drug-likeness (QED) is 0.880. The first kappa shape index (κ1) is 14.0. The Bertz CT molecular complexity index is 584. The normalized spacial score (nSPS) is 10.1. The van der Waals surface area contributed by atoms with Gasteiger partial charge < -0.3 is 10.6 Å². The van der Waals surface area contributed by atoms with Crippen LogP contribution in [0, 0.1) is 5.82 Å². The van der Waals surface area contributed by atoms with Gasteiger partial charge in [0.15, 0.2) is 0 Å². The largest absolute Gasteiger partial charge is 0.370 e. The van der Waals surface area contributed by atoms with Crippen molar-refractivity contribution in [1.29, 1.82) is 0 Å². The minimum absolute atomic E-state index is 0.132. The van der Waals surface area contributed by atoms with Crippen molar-refractivity contribution < 1.29 is 9.18 Å². The topological polar surface area (TPSA) is 54.0 Å². The van der Waals surface area contributed by atoms with E-state index in [2.05, 4.69) is 15.6 Å². The lowest BCUT2D eigenvalue weighted by atomic mass is 10.1. The van der Waals surface area contributed by atoms with Gasteiger partial charge in [-0.2, -0.15) is 0 Å². The van der Waals surface area contributed by atoms with E-state index >= 15 is 0 Å². The van der Waals surface area contributed by atoms with Gasteiger partial charge in [0, 0.05) is 13.5 Å². The van der Waals surface area contributed by atoms with Crippen LogP contribution >= 0.6 is 0 Å². The molecule has 0 radical (unpaired) electrons. The van der Waals surface area contributed by atoms with Crippen LogP contribution in [0.2, 0.25) is 0 Å². The van der Waals surface area contributed by atoms with Gasteiger partial charge in [0.1, 0.15) is 11.6 Å². The molecule has 104 valence electrons. The first-order valence-electron chi connectivity index (χ1n) is 6.36. The number of nitrogens with one attached hydrogen (secondary N) is 2. The Morgan fingerprint density at radius 3 is 2.70 bits per heavy atom. The molecular formula is C15H16FN3O. The number of aromatic nitrogens is 1. The average Bonchev–Trinajstić information content (AvgIpc) is 2.42. The van der Waals surface area contributed by atoms with Crippen LogP contribution in [0.15, 0.2) is 42.6 Å². The zero-order valence-electron chi connectivity index (χ0n) is 11.2. The first-order valence-corrected chi connectivity index (χ1v) is 6.36. The fraction of sp³-hybridized carbons (Fsp3) is 0.200. The Morgan fingerprint density at radius 1 is 1.25 bits per heavy atom. The van der Waals surface area contributed by atoms with Crippen LogP contribution in [0.4, 0.5) is 15.9 Å². The van der Waals surface area contributed by atoms with Gasteiger partial charge >= 0.3 is 0 Å². The van der Waals surface area contributed by atoms with Gasteiger partial charge in [-0.15, -0.1) is 0 Å². The summed E-state index contributed by atoms with van der Waals surface area (Å²) >= 11 is 0. The highest BCUT2D eigenvalue weighted by atomic mass is 19.1. The first-order chi connectivity index (χ1) is 9.65. The van der Waals surface area contributed by atoms with Crippen molar-refractivity contribution in [3.8, 4) is 0 Å². The zero-order chi connectivity index (χ0) is 14.4. The van der Waals surface area contributed by atoms with Crippen LogP contribution in [0.25, 0.3) is 0 Å². The second-order valence-corrected chi connectivity index (χ2v) is 4.38. The minimum atomic E-state index is -0.191. The van der Waals surface area contributed by atoms with E-state index in [-0.39, 0.29) is 11.7 Å². The van der Waals surface area contributed by atoms with Crippen LogP contribution in [0.3, 0.4) is 0 Å². The molecule has 0 aliphatic heterocycles. The summed E-state index contributed by atoms with van der Waals surface area (Å²) in [4.78, 5) is 15.0. The summed E-state index contributed by atoms with van der Waals surface area (Å²) in [7, 11) is 0. The maximum atomic E-state index is 13.4. The van der Waals surface area contributed by atoms with Crippen LogP contribution in [-0.4, -0.2) is 17.4 Å². The molecule has 0 aliphatic rings. The molecule has 0 atom stereocenters. The number of rotatable bonds is 5. The fourth-order valence-corrected chi connectivity index (χ4v) is 1.80. The molecule has 0 aliphatic carbocycles. The summed E-state index contributed by atoms with van der Waals surface area (Å²) in [6.45, 7) is 2.04. The molecule has 0 fully saturated rings. The Labute approximate surface area is 117 Å². The standard InChI is InChI=1S/C15H16FN3O/c1-11(20)19-13-6-7-15(18-10-13)17-9-8-12-4-2-3-5-14(12)16/h2-7,10H,8-9H2,1H3,(H,17,18)(H,19,20). The summed E-state index contributed by atoms with van der Waals surface area (Å²) in [5.74, 6) is 0.366. The number of nitrogens with zero attached hydrogens (tertiary/aromatic N) is 1. The van der Waals surface area contributed by atoms with Gasteiger partial charge in [0.25, 0.3) is 0 Å². The molecular weight excluding hydrogens is 257 g/mol. The Kier molecular flexibility index (Phi) is 4.65. The molecule has 1 heterocycles. The number of amides is 1. The number of hydrogen-bond donors (Lipinski definition) is 2. The highest BCUT2D eigenvalue weighted by molar-refractivity contribution is 5.88. The third-order valence-corrected chi connectivity index (χ3v) is 2.74. The highest BCUT2D eigenvalue weighted by Crippen LogP contribution is 2.11.